The molecule has 0 radical (unpaired) electrons. The summed E-state index contributed by atoms with van der Waals surface area (Å²) in [6, 6.07) is 18.7. The normalized spacial score (nSPS) is 10.8. The molecule has 0 atom stereocenters. The maximum Gasteiger partial charge on any atom is 0.274 e. The summed E-state index contributed by atoms with van der Waals surface area (Å²) in [5, 5.41) is 4.81. The molecule has 0 aliphatic carbocycles. The minimum absolute atomic E-state index is 0.142. The Labute approximate surface area is 165 Å². The van der Waals surface area contributed by atoms with Gasteiger partial charge in [-0.25, -0.2) is 10.4 Å². The van der Waals surface area contributed by atoms with Gasteiger partial charge in [-0.1, -0.05) is 47.1 Å². The van der Waals surface area contributed by atoms with Crippen molar-refractivity contribution in [1.29, 1.82) is 0 Å². The standard InChI is InChI=1S/C19H13Cl2N3OS/c20-14-5-9-16(10-6-14)26-15-7-3-13(4-8-15)12-23-24-19(25)17-2-1-11-22-18(17)21/h1-12H,(H,24,25). The van der Waals surface area contributed by atoms with Gasteiger partial charge in [-0.2, -0.15) is 5.10 Å². The molecule has 3 rings (SSSR count). The summed E-state index contributed by atoms with van der Waals surface area (Å²) in [5.74, 6) is -0.408. The van der Waals surface area contributed by atoms with Crippen molar-refractivity contribution in [2.24, 2.45) is 5.10 Å². The van der Waals surface area contributed by atoms with Crippen LogP contribution in [0.2, 0.25) is 10.2 Å². The topological polar surface area (TPSA) is 54.4 Å². The molecule has 26 heavy (non-hydrogen) atoms. The molecule has 0 unspecified atom stereocenters. The van der Waals surface area contributed by atoms with Gasteiger partial charge < -0.3 is 0 Å². The van der Waals surface area contributed by atoms with Gasteiger partial charge in [-0.3, -0.25) is 4.79 Å². The molecule has 0 bridgehead atoms. The van der Waals surface area contributed by atoms with Gasteiger partial charge >= 0.3 is 0 Å². The first-order valence-corrected chi connectivity index (χ1v) is 9.16. The Morgan fingerprint density at radius 3 is 2.31 bits per heavy atom. The monoisotopic (exact) mass is 401 g/mol. The number of halogens is 2. The summed E-state index contributed by atoms with van der Waals surface area (Å²) in [6.07, 6.45) is 3.09. The lowest BCUT2D eigenvalue weighted by Gasteiger charge is -2.03. The van der Waals surface area contributed by atoms with Crippen LogP contribution in [0.5, 0.6) is 0 Å². The number of pyridine rings is 1. The Morgan fingerprint density at radius 2 is 1.65 bits per heavy atom. The van der Waals surface area contributed by atoms with Crippen molar-refractivity contribution in [3.63, 3.8) is 0 Å². The van der Waals surface area contributed by atoms with E-state index in [4.69, 9.17) is 23.2 Å². The van der Waals surface area contributed by atoms with Gasteiger partial charge in [0, 0.05) is 21.0 Å². The summed E-state index contributed by atoms with van der Waals surface area (Å²) in [7, 11) is 0. The van der Waals surface area contributed by atoms with E-state index in [9.17, 15) is 4.79 Å². The van der Waals surface area contributed by atoms with Crippen LogP contribution in [0.3, 0.4) is 0 Å². The zero-order chi connectivity index (χ0) is 18.4. The molecule has 130 valence electrons. The van der Waals surface area contributed by atoms with Gasteiger partial charge in [0.25, 0.3) is 5.91 Å². The predicted octanol–water partition coefficient (Wildman–Crippen LogP) is 5.30. The van der Waals surface area contributed by atoms with Crippen LogP contribution in [0.1, 0.15) is 15.9 Å². The Morgan fingerprint density at radius 1 is 1.00 bits per heavy atom. The van der Waals surface area contributed by atoms with E-state index in [2.05, 4.69) is 15.5 Å². The fourth-order valence-corrected chi connectivity index (χ4v) is 3.19. The zero-order valence-corrected chi connectivity index (χ0v) is 15.7. The van der Waals surface area contributed by atoms with Crippen LogP contribution >= 0.6 is 35.0 Å². The SMILES string of the molecule is O=C(NN=Cc1ccc(Sc2ccc(Cl)cc2)cc1)c1cccnc1Cl. The number of amides is 1. The fraction of sp³-hybridized carbons (Fsp3) is 0. The molecule has 1 heterocycles. The van der Waals surface area contributed by atoms with Gasteiger partial charge in [0.15, 0.2) is 0 Å². The molecular weight excluding hydrogens is 389 g/mol. The number of hydrogen-bond donors (Lipinski definition) is 1. The van der Waals surface area contributed by atoms with E-state index in [0.717, 1.165) is 20.4 Å². The maximum atomic E-state index is 12.0. The molecule has 1 N–H and O–H groups in total. The highest BCUT2D eigenvalue weighted by Gasteiger charge is 2.09. The number of aromatic nitrogens is 1. The molecule has 3 aromatic rings. The second kappa shape index (κ2) is 8.85. The minimum atomic E-state index is -0.408. The lowest BCUT2D eigenvalue weighted by Crippen LogP contribution is -2.18. The molecule has 0 saturated carbocycles. The molecular formula is C19H13Cl2N3OS. The van der Waals surface area contributed by atoms with Crippen molar-refractivity contribution < 1.29 is 4.79 Å². The van der Waals surface area contributed by atoms with Crippen LogP contribution in [0.15, 0.2) is 81.8 Å². The quantitative estimate of drug-likeness (QED) is 0.358. The van der Waals surface area contributed by atoms with Crippen molar-refractivity contribution in [1.82, 2.24) is 10.4 Å². The second-order valence-electron chi connectivity index (χ2n) is 5.17. The number of carbonyl (C=O) groups excluding carboxylic acids is 1. The van der Waals surface area contributed by atoms with Gasteiger partial charge in [-0.15, -0.1) is 0 Å². The van der Waals surface area contributed by atoms with Crippen LogP contribution < -0.4 is 5.43 Å². The Bertz CT molecular complexity index is 928. The number of carbonyl (C=O) groups is 1. The second-order valence-corrected chi connectivity index (χ2v) is 7.11. The van der Waals surface area contributed by atoms with Gasteiger partial charge in [0.2, 0.25) is 0 Å². The van der Waals surface area contributed by atoms with E-state index in [0.29, 0.717) is 0 Å². The first-order chi connectivity index (χ1) is 12.6. The molecule has 0 saturated heterocycles. The molecule has 1 aromatic heterocycles. The summed E-state index contributed by atoms with van der Waals surface area (Å²) in [4.78, 5) is 18.0. The van der Waals surface area contributed by atoms with Crippen LogP contribution in [0.4, 0.5) is 0 Å². The highest BCUT2D eigenvalue weighted by Crippen LogP contribution is 2.28. The molecule has 0 aliphatic heterocycles. The van der Waals surface area contributed by atoms with E-state index < -0.39 is 5.91 Å². The summed E-state index contributed by atoms with van der Waals surface area (Å²) in [5.41, 5.74) is 3.58. The predicted molar refractivity (Wildman–Crippen MR) is 106 cm³/mol. The maximum absolute atomic E-state index is 12.0. The van der Waals surface area contributed by atoms with Crippen molar-refractivity contribution in [3.8, 4) is 0 Å². The Hall–Kier alpha value is -2.34. The lowest BCUT2D eigenvalue weighted by atomic mass is 10.2. The van der Waals surface area contributed by atoms with Crippen molar-refractivity contribution in [3.05, 3.63) is 88.2 Å². The van der Waals surface area contributed by atoms with Gasteiger partial charge in [-0.05, 0) is 54.1 Å². The third kappa shape index (κ3) is 5.08. The average Bonchev–Trinajstić information content (AvgIpc) is 2.65. The number of nitrogens with one attached hydrogen (secondary N) is 1. The van der Waals surface area contributed by atoms with E-state index >= 15 is 0 Å². The molecule has 4 nitrogen and oxygen atoms in total. The Kier molecular flexibility index (Phi) is 6.28. The summed E-state index contributed by atoms with van der Waals surface area (Å²) in [6.45, 7) is 0. The molecule has 0 spiro atoms. The fourth-order valence-electron chi connectivity index (χ4n) is 2.04. The number of hydrazone groups is 1. The smallest absolute Gasteiger partial charge is 0.267 e. The number of rotatable bonds is 5. The molecule has 1 amide bonds. The zero-order valence-electron chi connectivity index (χ0n) is 13.4. The minimum Gasteiger partial charge on any atom is -0.267 e. The van der Waals surface area contributed by atoms with Crippen LogP contribution in [0, 0.1) is 0 Å². The first kappa shape index (κ1) is 18.5. The van der Waals surface area contributed by atoms with Gasteiger partial charge in [0.05, 0.1) is 11.8 Å². The summed E-state index contributed by atoms with van der Waals surface area (Å²) >= 11 is 13.4. The molecule has 0 aliphatic rings. The van der Waals surface area contributed by atoms with E-state index in [1.165, 1.54) is 6.20 Å². The van der Waals surface area contributed by atoms with Crippen molar-refractivity contribution in [2.45, 2.75) is 9.79 Å². The highest BCUT2D eigenvalue weighted by molar-refractivity contribution is 7.99. The largest absolute Gasteiger partial charge is 0.274 e. The van der Waals surface area contributed by atoms with E-state index in [1.54, 1.807) is 30.1 Å². The van der Waals surface area contributed by atoms with Crippen LogP contribution in [0.25, 0.3) is 0 Å². The van der Waals surface area contributed by atoms with E-state index in [1.807, 2.05) is 48.5 Å². The molecule has 2 aromatic carbocycles. The highest BCUT2D eigenvalue weighted by atomic mass is 35.5. The molecule has 0 fully saturated rings. The summed E-state index contributed by atoms with van der Waals surface area (Å²) < 4.78 is 0. The lowest BCUT2D eigenvalue weighted by molar-refractivity contribution is 0.0955. The molecule has 7 heteroatoms. The van der Waals surface area contributed by atoms with E-state index in [-0.39, 0.29) is 10.7 Å². The van der Waals surface area contributed by atoms with Gasteiger partial charge in [0.1, 0.15) is 5.15 Å². The van der Waals surface area contributed by atoms with Crippen LogP contribution in [-0.2, 0) is 0 Å². The van der Waals surface area contributed by atoms with Crippen LogP contribution in [-0.4, -0.2) is 17.1 Å². The Balaban J connectivity index is 1.58. The number of benzene rings is 2. The average molecular weight is 402 g/mol. The number of hydrogen-bond acceptors (Lipinski definition) is 4. The third-order valence-corrected chi connectivity index (χ3v) is 4.88. The van der Waals surface area contributed by atoms with Crippen molar-refractivity contribution >= 4 is 47.1 Å². The third-order valence-electron chi connectivity index (χ3n) is 3.31. The first-order valence-electron chi connectivity index (χ1n) is 7.59. The number of nitrogens with zero attached hydrogens (tertiary/aromatic N) is 2. The van der Waals surface area contributed by atoms with Crippen molar-refractivity contribution in [2.75, 3.05) is 0 Å².